The Hall–Kier alpha value is -1.06. The van der Waals surface area contributed by atoms with Crippen molar-refractivity contribution in [1.82, 2.24) is 5.32 Å². The molecule has 0 heterocycles. The van der Waals surface area contributed by atoms with Crippen LogP contribution in [0.25, 0.3) is 0 Å². The average Bonchev–Trinajstić information content (AvgIpc) is 2.50. The minimum absolute atomic E-state index is 0.521. The molecule has 0 radical (unpaired) electrons. The Labute approximate surface area is 130 Å². The molecule has 1 rings (SSSR count). The van der Waals surface area contributed by atoms with Crippen LogP contribution in [0.4, 0.5) is 5.69 Å². The fraction of sp³-hybridized carbons (Fsp3) is 0.667. The summed E-state index contributed by atoms with van der Waals surface area (Å²) in [6, 6.07) is 10.0. The van der Waals surface area contributed by atoms with E-state index in [4.69, 9.17) is 4.74 Å². The van der Waals surface area contributed by atoms with Gasteiger partial charge in [-0.3, -0.25) is 0 Å². The van der Waals surface area contributed by atoms with Crippen LogP contribution in [0.5, 0.6) is 0 Å². The smallest absolute Gasteiger partial charge is 0.0637 e. The van der Waals surface area contributed by atoms with Crippen molar-refractivity contribution in [2.45, 2.75) is 59.2 Å². The molecule has 0 saturated carbocycles. The van der Waals surface area contributed by atoms with Crippen molar-refractivity contribution in [3.8, 4) is 0 Å². The van der Waals surface area contributed by atoms with Crippen molar-refractivity contribution in [3.05, 3.63) is 29.8 Å². The minimum Gasteiger partial charge on any atom is -0.383 e. The maximum absolute atomic E-state index is 5.27. The molecule has 0 bridgehead atoms. The van der Waals surface area contributed by atoms with Gasteiger partial charge in [-0.25, -0.2) is 0 Å². The molecule has 0 aliphatic heterocycles. The van der Waals surface area contributed by atoms with Gasteiger partial charge in [0.05, 0.1) is 6.61 Å². The second-order valence-electron chi connectivity index (χ2n) is 5.86. The fourth-order valence-corrected chi connectivity index (χ4v) is 2.57. The van der Waals surface area contributed by atoms with Crippen molar-refractivity contribution < 1.29 is 4.74 Å². The molecule has 0 spiro atoms. The zero-order valence-corrected chi connectivity index (χ0v) is 14.4. The number of methoxy groups -OCH3 is 1. The second kappa shape index (κ2) is 9.80. The van der Waals surface area contributed by atoms with E-state index in [1.165, 1.54) is 11.3 Å². The van der Waals surface area contributed by atoms with Gasteiger partial charge in [-0.05, 0) is 30.5 Å². The average molecular weight is 292 g/mol. The Morgan fingerprint density at radius 3 is 2.19 bits per heavy atom. The first-order valence-corrected chi connectivity index (χ1v) is 8.20. The van der Waals surface area contributed by atoms with Gasteiger partial charge < -0.3 is 15.0 Å². The van der Waals surface area contributed by atoms with Gasteiger partial charge in [0.25, 0.3) is 0 Å². The van der Waals surface area contributed by atoms with Gasteiger partial charge in [-0.2, -0.15) is 0 Å². The molecule has 0 aliphatic rings. The molecule has 0 fully saturated rings. The van der Waals surface area contributed by atoms with Crippen LogP contribution in [0, 0.1) is 0 Å². The van der Waals surface area contributed by atoms with Gasteiger partial charge in [0.1, 0.15) is 0 Å². The zero-order chi connectivity index (χ0) is 15.7. The lowest BCUT2D eigenvalue weighted by Crippen LogP contribution is -2.37. The van der Waals surface area contributed by atoms with Crippen LogP contribution in [0.1, 0.15) is 46.1 Å². The van der Waals surface area contributed by atoms with Crippen LogP contribution in [-0.4, -0.2) is 32.3 Å². The molecule has 0 aromatic heterocycles. The minimum atomic E-state index is 0.521. The lowest BCUT2D eigenvalue weighted by atomic mass is 10.1. The highest BCUT2D eigenvalue weighted by molar-refractivity contribution is 5.48. The SMILES string of the molecule is CCC(CC)N(CCOC)c1ccc(CNC(C)C)cc1. The monoisotopic (exact) mass is 292 g/mol. The van der Waals surface area contributed by atoms with Gasteiger partial charge >= 0.3 is 0 Å². The van der Waals surface area contributed by atoms with Crippen LogP contribution < -0.4 is 10.2 Å². The fourth-order valence-electron chi connectivity index (χ4n) is 2.57. The highest BCUT2D eigenvalue weighted by Crippen LogP contribution is 2.21. The van der Waals surface area contributed by atoms with Crippen molar-refractivity contribution >= 4 is 5.69 Å². The Bertz CT molecular complexity index is 371. The summed E-state index contributed by atoms with van der Waals surface area (Å²) in [6.07, 6.45) is 2.33. The largest absolute Gasteiger partial charge is 0.383 e. The second-order valence-corrected chi connectivity index (χ2v) is 5.86. The third kappa shape index (κ3) is 6.06. The van der Waals surface area contributed by atoms with Crippen molar-refractivity contribution in [2.75, 3.05) is 25.2 Å². The normalized spacial score (nSPS) is 11.4. The predicted molar refractivity (Wildman–Crippen MR) is 92.0 cm³/mol. The number of ether oxygens (including phenoxy) is 1. The number of rotatable bonds is 10. The summed E-state index contributed by atoms with van der Waals surface area (Å²) in [5.41, 5.74) is 2.64. The number of benzene rings is 1. The van der Waals surface area contributed by atoms with E-state index in [1.54, 1.807) is 7.11 Å². The van der Waals surface area contributed by atoms with Gasteiger partial charge in [0.15, 0.2) is 0 Å². The van der Waals surface area contributed by atoms with Crippen LogP contribution in [0.2, 0.25) is 0 Å². The van der Waals surface area contributed by atoms with E-state index in [0.29, 0.717) is 12.1 Å². The van der Waals surface area contributed by atoms with Crippen LogP contribution in [0.3, 0.4) is 0 Å². The summed E-state index contributed by atoms with van der Waals surface area (Å²) in [5, 5.41) is 3.46. The highest BCUT2D eigenvalue weighted by Gasteiger charge is 2.15. The van der Waals surface area contributed by atoms with Gasteiger partial charge in [0, 0.05) is 38.0 Å². The molecule has 3 heteroatoms. The van der Waals surface area contributed by atoms with E-state index in [9.17, 15) is 0 Å². The number of nitrogens with zero attached hydrogens (tertiary/aromatic N) is 1. The molecule has 1 N–H and O–H groups in total. The Balaban J connectivity index is 2.77. The molecular formula is C18H32N2O. The molecule has 3 nitrogen and oxygen atoms in total. The maximum Gasteiger partial charge on any atom is 0.0637 e. The molecule has 1 aromatic rings. The first kappa shape index (κ1) is 18.0. The van der Waals surface area contributed by atoms with Crippen molar-refractivity contribution in [2.24, 2.45) is 0 Å². The number of hydrogen-bond acceptors (Lipinski definition) is 3. The van der Waals surface area contributed by atoms with E-state index in [1.807, 2.05) is 0 Å². The van der Waals surface area contributed by atoms with Crippen molar-refractivity contribution in [3.63, 3.8) is 0 Å². The van der Waals surface area contributed by atoms with E-state index >= 15 is 0 Å². The van der Waals surface area contributed by atoms with E-state index in [-0.39, 0.29) is 0 Å². The third-order valence-electron chi connectivity index (χ3n) is 3.90. The summed E-state index contributed by atoms with van der Waals surface area (Å²) in [5.74, 6) is 0. The quantitative estimate of drug-likeness (QED) is 0.709. The zero-order valence-electron chi connectivity index (χ0n) is 14.4. The van der Waals surface area contributed by atoms with E-state index in [0.717, 1.165) is 32.5 Å². The van der Waals surface area contributed by atoms with E-state index < -0.39 is 0 Å². The lowest BCUT2D eigenvalue weighted by Gasteiger charge is -2.32. The molecular weight excluding hydrogens is 260 g/mol. The summed E-state index contributed by atoms with van der Waals surface area (Å²) in [6.45, 7) is 11.5. The predicted octanol–water partition coefficient (Wildman–Crippen LogP) is 3.83. The van der Waals surface area contributed by atoms with Crippen molar-refractivity contribution in [1.29, 1.82) is 0 Å². The topological polar surface area (TPSA) is 24.5 Å². The van der Waals surface area contributed by atoms with E-state index in [2.05, 4.69) is 62.2 Å². The summed E-state index contributed by atoms with van der Waals surface area (Å²) < 4.78 is 5.27. The van der Waals surface area contributed by atoms with Gasteiger partial charge in [0.2, 0.25) is 0 Å². The van der Waals surface area contributed by atoms with Crippen LogP contribution >= 0.6 is 0 Å². The number of nitrogens with one attached hydrogen (secondary N) is 1. The highest BCUT2D eigenvalue weighted by atomic mass is 16.5. The molecule has 0 unspecified atom stereocenters. The number of anilines is 1. The standard InChI is InChI=1S/C18H32N2O/c1-6-17(7-2)20(12-13-21-5)18-10-8-16(9-11-18)14-19-15(3)4/h8-11,15,17,19H,6-7,12-14H2,1-5H3. The molecule has 0 aliphatic carbocycles. The maximum atomic E-state index is 5.27. The Kier molecular flexibility index (Phi) is 8.40. The first-order valence-electron chi connectivity index (χ1n) is 8.20. The van der Waals surface area contributed by atoms with Gasteiger partial charge in [-0.15, -0.1) is 0 Å². The van der Waals surface area contributed by atoms with Crippen LogP contribution in [0.15, 0.2) is 24.3 Å². The van der Waals surface area contributed by atoms with Gasteiger partial charge in [-0.1, -0.05) is 39.8 Å². The molecule has 0 atom stereocenters. The lowest BCUT2D eigenvalue weighted by molar-refractivity contribution is 0.202. The molecule has 21 heavy (non-hydrogen) atoms. The Morgan fingerprint density at radius 2 is 1.71 bits per heavy atom. The Morgan fingerprint density at radius 1 is 1.10 bits per heavy atom. The summed E-state index contributed by atoms with van der Waals surface area (Å²) in [7, 11) is 1.77. The third-order valence-corrected chi connectivity index (χ3v) is 3.90. The number of hydrogen-bond donors (Lipinski definition) is 1. The molecule has 120 valence electrons. The molecule has 0 amide bonds. The first-order chi connectivity index (χ1) is 10.1. The summed E-state index contributed by atoms with van der Waals surface area (Å²) >= 11 is 0. The molecule has 0 saturated heterocycles. The molecule has 1 aromatic carbocycles. The summed E-state index contributed by atoms with van der Waals surface area (Å²) in [4.78, 5) is 2.48. The van der Waals surface area contributed by atoms with Crippen LogP contribution in [-0.2, 0) is 11.3 Å².